The van der Waals surface area contributed by atoms with Gasteiger partial charge in [-0.2, -0.15) is 0 Å². The molecular formula is C12H11F2N3O2S. The van der Waals surface area contributed by atoms with Gasteiger partial charge < -0.3 is 11.1 Å². The Morgan fingerprint density at radius 1 is 1.00 bits per heavy atom. The third-order valence-electron chi connectivity index (χ3n) is 2.55. The number of hydrogen-bond donors (Lipinski definition) is 3. The Morgan fingerprint density at radius 2 is 1.70 bits per heavy atom. The molecule has 0 radical (unpaired) electrons. The number of primary sulfonamides is 1. The van der Waals surface area contributed by atoms with Crippen LogP contribution < -0.4 is 16.2 Å². The SMILES string of the molecule is Nc1ccc(S(N)(=O)=O)cc1Nc1ccc(F)cc1F. The van der Waals surface area contributed by atoms with Crippen molar-refractivity contribution >= 4 is 27.1 Å². The van der Waals surface area contributed by atoms with Crippen LogP contribution in [-0.2, 0) is 10.0 Å². The Balaban J connectivity index is 2.43. The van der Waals surface area contributed by atoms with E-state index >= 15 is 0 Å². The predicted molar refractivity (Wildman–Crippen MR) is 71.9 cm³/mol. The van der Waals surface area contributed by atoms with Gasteiger partial charge in [0.15, 0.2) is 0 Å². The zero-order valence-corrected chi connectivity index (χ0v) is 10.9. The van der Waals surface area contributed by atoms with E-state index in [1.54, 1.807) is 0 Å². The lowest BCUT2D eigenvalue weighted by molar-refractivity contribution is 0.586. The molecule has 2 aromatic rings. The average Bonchev–Trinajstić information content (AvgIpc) is 2.33. The van der Waals surface area contributed by atoms with Crippen LogP contribution in [0.15, 0.2) is 41.3 Å². The summed E-state index contributed by atoms with van der Waals surface area (Å²) in [5, 5.41) is 7.59. The van der Waals surface area contributed by atoms with Crippen LogP contribution in [0.3, 0.4) is 0 Å². The first-order valence-electron chi connectivity index (χ1n) is 5.42. The van der Waals surface area contributed by atoms with Gasteiger partial charge in [-0.05, 0) is 30.3 Å². The fraction of sp³-hybridized carbons (Fsp3) is 0. The van der Waals surface area contributed by atoms with Gasteiger partial charge >= 0.3 is 0 Å². The number of hydrogen-bond acceptors (Lipinski definition) is 4. The maximum Gasteiger partial charge on any atom is 0.238 e. The van der Waals surface area contributed by atoms with Crippen molar-refractivity contribution in [2.24, 2.45) is 5.14 Å². The molecule has 0 aliphatic heterocycles. The Morgan fingerprint density at radius 3 is 2.30 bits per heavy atom. The number of halogens is 2. The van der Waals surface area contributed by atoms with E-state index < -0.39 is 21.7 Å². The third kappa shape index (κ3) is 3.03. The van der Waals surface area contributed by atoms with Gasteiger partial charge in [0.25, 0.3) is 0 Å². The van der Waals surface area contributed by atoms with Crippen LogP contribution in [0.4, 0.5) is 25.8 Å². The van der Waals surface area contributed by atoms with E-state index in [4.69, 9.17) is 10.9 Å². The van der Waals surface area contributed by atoms with Crippen LogP contribution in [0, 0.1) is 11.6 Å². The van der Waals surface area contributed by atoms with Gasteiger partial charge in [0.1, 0.15) is 11.6 Å². The first-order chi connectivity index (χ1) is 9.27. The Hall–Kier alpha value is -2.19. The highest BCUT2D eigenvalue weighted by Crippen LogP contribution is 2.27. The summed E-state index contributed by atoms with van der Waals surface area (Å²) in [4.78, 5) is -0.170. The number of nitrogens with one attached hydrogen (secondary N) is 1. The quantitative estimate of drug-likeness (QED) is 0.754. The Bertz CT molecular complexity index is 763. The second-order valence-corrected chi connectivity index (χ2v) is 5.60. The molecule has 2 rings (SSSR count). The normalized spacial score (nSPS) is 11.3. The zero-order valence-electron chi connectivity index (χ0n) is 10.1. The number of rotatable bonds is 3. The van der Waals surface area contributed by atoms with Crippen LogP contribution in [-0.4, -0.2) is 8.42 Å². The highest BCUT2D eigenvalue weighted by Gasteiger charge is 2.12. The molecule has 106 valence electrons. The Labute approximate surface area is 114 Å². The lowest BCUT2D eigenvalue weighted by atomic mass is 10.2. The minimum Gasteiger partial charge on any atom is -0.397 e. The lowest BCUT2D eigenvalue weighted by Crippen LogP contribution is -2.12. The van der Waals surface area contributed by atoms with Gasteiger partial charge in [-0.1, -0.05) is 0 Å². The fourth-order valence-electron chi connectivity index (χ4n) is 1.56. The van der Waals surface area contributed by atoms with E-state index in [1.807, 2.05) is 0 Å². The second kappa shape index (κ2) is 5.06. The Kier molecular flexibility index (Phi) is 3.60. The first-order valence-corrected chi connectivity index (χ1v) is 6.96. The maximum absolute atomic E-state index is 13.5. The summed E-state index contributed by atoms with van der Waals surface area (Å²) in [7, 11) is -3.90. The molecule has 5 N–H and O–H groups in total. The van der Waals surface area contributed by atoms with Crippen molar-refractivity contribution in [1.82, 2.24) is 0 Å². The smallest absolute Gasteiger partial charge is 0.238 e. The van der Waals surface area contributed by atoms with Gasteiger partial charge in [-0.15, -0.1) is 0 Å². The lowest BCUT2D eigenvalue weighted by Gasteiger charge is -2.11. The van der Waals surface area contributed by atoms with Crippen molar-refractivity contribution in [3.8, 4) is 0 Å². The molecule has 0 aliphatic rings. The standard InChI is InChI=1S/C12H11F2N3O2S/c13-7-1-4-11(9(14)5-7)17-12-6-8(20(16,18)19)2-3-10(12)15/h1-6,17H,15H2,(H2,16,18,19). The van der Waals surface area contributed by atoms with E-state index in [1.165, 1.54) is 24.3 Å². The van der Waals surface area contributed by atoms with Crippen molar-refractivity contribution in [3.63, 3.8) is 0 Å². The van der Waals surface area contributed by atoms with Crippen molar-refractivity contribution in [3.05, 3.63) is 48.0 Å². The van der Waals surface area contributed by atoms with Crippen molar-refractivity contribution in [2.75, 3.05) is 11.1 Å². The molecule has 0 amide bonds. The minimum atomic E-state index is -3.90. The summed E-state index contributed by atoms with van der Waals surface area (Å²) in [6.07, 6.45) is 0. The van der Waals surface area contributed by atoms with Crippen LogP contribution >= 0.6 is 0 Å². The van der Waals surface area contributed by atoms with Crippen molar-refractivity contribution in [1.29, 1.82) is 0 Å². The zero-order chi connectivity index (χ0) is 14.9. The molecule has 0 spiro atoms. The molecule has 0 saturated heterocycles. The highest BCUT2D eigenvalue weighted by atomic mass is 32.2. The molecule has 0 saturated carbocycles. The third-order valence-corrected chi connectivity index (χ3v) is 3.46. The molecular weight excluding hydrogens is 288 g/mol. The molecule has 20 heavy (non-hydrogen) atoms. The first kappa shape index (κ1) is 14.2. The van der Waals surface area contributed by atoms with Gasteiger partial charge in [0, 0.05) is 6.07 Å². The van der Waals surface area contributed by atoms with E-state index in [-0.39, 0.29) is 22.0 Å². The van der Waals surface area contributed by atoms with Crippen LogP contribution in [0.25, 0.3) is 0 Å². The van der Waals surface area contributed by atoms with E-state index in [9.17, 15) is 17.2 Å². The van der Waals surface area contributed by atoms with Gasteiger partial charge in [0.2, 0.25) is 10.0 Å². The number of nitrogens with two attached hydrogens (primary N) is 2. The monoisotopic (exact) mass is 299 g/mol. The summed E-state index contributed by atoms with van der Waals surface area (Å²) in [6, 6.07) is 6.66. The average molecular weight is 299 g/mol. The molecule has 0 aliphatic carbocycles. The number of benzene rings is 2. The summed E-state index contributed by atoms with van der Waals surface area (Å²) in [5.41, 5.74) is 5.98. The molecule has 0 unspecified atom stereocenters. The van der Waals surface area contributed by atoms with Gasteiger partial charge in [-0.3, -0.25) is 0 Å². The molecule has 0 bridgehead atoms. The maximum atomic E-state index is 13.5. The summed E-state index contributed by atoms with van der Waals surface area (Å²) >= 11 is 0. The highest BCUT2D eigenvalue weighted by molar-refractivity contribution is 7.89. The molecule has 5 nitrogen and oxygen atoms in total. The minimum absolute atomic E-state index is 0.0373. The summed E-state index contributed by atoms with van der Waals surface area (Å²) < 4.78 is 48.8. The molecule has 0 atom stereocenters. The fourth-order valence-corrected chi connectivity index (χ4v) is 2.10. The molecule has 8 heteroatoms. The largest absolute Gasteiger partial charge is 0.397 e. The summed E-state index contributed by atoms with van der Waals surface area (Å²) in [6.45, 7) is 0. The molecule has 0 aromatic heterocycles. The van der Waals surface area contributed by atoms with Crippen LogP contribution in [0.1, 0.15) is 0 Å². The van der Waals surface area contributed by atoms with Crippen molar-refractivity contribution in [2.45, 2.75) is 4.90 Å². The van der Waals surface area contributed by atoms with E-state index in [2.05, 4.69) is 5.32 Å². The molecule has 0 fully saturated rings. The van der Waals surface area contributed by atoms with Crippen LogP contribution in [0.5, 0.6) is 0 Å². The van der Waals surface area contributed by atoms with E-state index in [0.717, 1.165) is 6.07 Å². The van der Waals surface area contributed by atoms with E-state index in [0.29, 0.717) is 6.07 Å². The van der Waals surface area contributed by atoms with Gasteiger partial charge in [-0.25, -0.2) is 22.3 Å². The van der Waals surface area contributed by atoms with Gasteiger partial charge in [0.05, 0.1) is 22.0 Å². The topological polar surface area (TPSA) is 98.2 Å². The second-order valence-electron chi connectivity index (χ2n) is 4.04. The van der Waals surface area contributed by atoms with Crippen LogP contribution in [0.2, 0.25) is 0 Å². The molecule has 2 aromatic carbocycles. The number of sulfonamides is 1. The van der Waals surface area contributed by atoms with Crippen molar-refractivity contribution < 1.29 is 17.2 Å². The number of nitrogen functional groups attached to an aromatic ring is 1. The predicted octanol–water partition coefficient (Wildman–Crippen LogP) is 1.94. The number of anilines is 3. The molecule has 0 heterocycles. The summed E-state index contributed by atoms with van der Waals surface area (Å²) in [5.74, 6) is -1.55.